The molecular weight excluding hydrogens is 452 g/mol. The number of anilines is 2. The highest BCUT2D eigenvalue weighted by Gasteiger charge is 2.31. The molecule has 0 bridgehead atoms. The molecule has 168 valence electrons. The van der Waals surface area contributed by atoms with Gasteiger partial charge in [-0.1, -0.05) is 18.2 Å². The molecule has 3 aromatic carbocycles. The zero-order valence-electron chi connectivity index (χ0n) is 16.4. The SMILES string of the molecule is Cc1ccc(S(=O)(=O)Nc2ccccc2F)cc1C(=O)Nc1ccc(OC(F)(F)F)cc1. The molecule has 0 aliphatic rings. The number of halogens is 4. The molecule has 0 aromatic heterocycles. The summed E-state index contributed by atoms with van der Waals surface area (Å²) in [4.78, 5) is 12.4. The third-order valence-electron chi connectivity index (χ3n) is 4.23. The Balaban J connectivity index is 1.80. The molecule has 0 radical (unpaired) electrons. The van der Waals surface area contributed by atoms with E-state index in [2.05, 4.69) is 14.8 Å². The predicted octanol–water partition coefficient (Wildman–Crippen LogP) is 5.09. The van der Waals surface area contributed by atoms with Crippen LogP contribution in [0.5, 0.6) is 5.75 Å². The Morgan fingerprint density at radius 3 is 2.25 bits per heavy atom. The summed E-state index contributed by atoms with van der Waals surface area (Å²) in [6.45, 7) is 1.58. The van der Waals surface area contributed by atoms with Crippen molar-refractivity contribution < 1.29 is 35.5 Å². The Morgan fingerprint density at radius 2 is 1.62 bits per heavy atom. The summed E-state index contributed by atoms with van der Waals surface area (Å²) < 4.78 is 81.7. The minimum atomic E-state index is -4.84. The first-order chi connectivity index (χ1) is 14.9. The number of aryl methyl sites for hydroxylation is 1. The van der Waals surface area contributed by atoms with Crippen molar-refractivity contribution in [2.75, 3.05) is 10.0 Å². The predicted molar refractivity (Wildman–Crippen MR) is 109 cm³/mol. The molecule has 6 nitrogen and oxygen atoms in total. The summed E-state index contributed by atoms with van der Waals surface area (Å²) in [7, 11) is -4.20. The summed E-state index contributed by atoms with van der Waals surface area (Å²) >= 11 is 0. The highest BCUT2D eigenvalue weighted by atomic mass is 32.2. The number of nitrogens with one attached hydrogen (secondary N) is 2. The largest absolute Gasteiger partial charge is 0.573 e. The van der Waals surface area contributed by atoms with Crippen molar-refractivity contribution in [1.82, 2.24) is 0 Å². The van der Waals surface area contributed by atoms with E-state index in [1.54, 1.807) is 6.92 Å². The van der Waals surface area contributed by atoms with E-state index in [9.17, 15) is 30.8 Å². The second-order valence-electron chi connectivity index (χ2n) is 6.59. The van der Waals surface area contributed by atoms with Gasteiger partial charge in [0.15, 0.2) is 0 Å². The first-order valence-corrected chi connectivity index (χ1v) is 10.5. The maximum atomic E-state index is 13.8. The number of sulfonamides is 1. The van der Waals surface area contributed by atoms with Gasteiger partial charge in [0.1, 0.15) is 11.6 Å². The number of rotatable bonds is 6. The topological polar surface area (TPSA) is 84.5 Å². The molecule has 32 heavy (non-hydrogen) atoms. The summed E-state index contributed by atoms with van der Waals surface area (Å²) in [5, 5.41) is 2.48. The van der Waals surface area contributed by atoms with Crippen molar-refractivity contribution in [3.8, 4) is 5.75 Å². The lowest BCUT2D eigenvalue weighted by Crippen LogP contribution is -2.18. The van der Waals surface area contributed by atoms with Gasteiger partial charge in [-0.05, 0) is 61.0 Å². The summed E-state index contributed by atoms with van der Waals surface area (Å²) in [6.07, 6.45) is -4.84. The maximum absolute atomic E-state index is 13.8. The van der Waals surface area contributed by atoms with Crippen molar-refractivity contribution >= 4 is 27.3 Å². The minimum absolute atomic E-state index is 0.0111. The third-order valence-corrected chi connectivity index (χ3v) is 5.59. The van der Waals surface area contributed by atoms with E-state index in [4.69, 9.17) is 0 Å². The van der Waals surface area contributed by atoms with Crippen LogP contribution in [0, 0.1) is 12.7 Å². The Hall–Kier alpha value is -3.60. The highest BCUT2D eigenvalue weighted by molar-refractivity contribution is 7.92. The van der Waals surface area contributed by atoms with Crippen LogP contribution in [0.15, 0.2) is 71.6 Å². The quantitative estimate of drug-likeness (QED) is 0.494. The molecule has 0 atom stereocenters. The highest BCUT2D eigenvalue weighted by Crippen LogP contribution is 2.25. The molecule has 3 aromatic rings. The number of hydrogen-bond acceptors (Lipinski definition) is 4. The molecule has 2 N–H and O–H groups in total. The Bertz CT molecular complexity index is 1240. The summed E-state index contributed by atoms with van der Waals surface area (Å²) in [5.41, 5.74) is 0.378. The standard InChI is InChI=1S/C21H16F4N2O4S/c1-13-6-11-16(32(29,30)27-19-5-3-2-4-18(19)22)12-17(13)20(28)26-14-7-9-15(10-8-14)31-21(23,24)25/h2-12,27H,1H3,(H,26,28). The number of ether oxygens (including phenoxy) is 1. The minimum Gasteiger partial charge on any atom is -0.406 e. The van der Waals surface area contributed by atoms with Gasteiger partial charge in [0, 0.05) is 11.3 Å². The number of alkyl halides is 3. The second-order valence-corrected chi connectivity index (χ2v) is 8.27. The fraction of sp³-hybridized carbons (Fsp3) is 0.0952. The van der Waals surface area contributed by atoms with E-state index in [0.29, 0.717) is 5.56 Å². The molecule has 1 amide bonds. The van der Waals surface area contributed by atoms with Gasteiger partial charge >= 0.3 is 6.36 Å². The number of benzene rings is 3. The fourth-order valence-electron chi connectivity index (χ4n) is 2.70. The molecule has 11 heteroatoms. The Labute approximate surface area is 180 Å². The average molecular weight is 468 g/mol. The lowest BCUT2D eigenvalue weighted by Gasteiger charge is -2.13. The van der Waals surface area contributed by atoms with Crippen LogP contribution in [0.2, 0.25) is 0 Å². The van der Waals surface area contributed by atoms with Gasteiger partial charge in [0.2, 0.25) is 0 Å². The number of carbonyl (C=O) groups is 1. The van der Waals surface area contributed by atoms with Crippen LogP contribution >= 0.6 is 0 Å². The van der Waals surface area contributed by atoms with Crippen LogP contribution in [-0.2, 0) is 10.0 Å². The number of carbonyl (C=O) groups excluding carboxylic acids is 1. The zero-order valence-corrected chi connectivity index (χ0v) is 17.2. The average Bonchev–Trinajstić information content (AvgIpc) is 2.70. The molecule has 0 unspecified atom stereocenters. The molecule has 0 fully saturated rings. The first-order valence-electron chi connectivity index (χ1n) is 9.00. The number of amides is 1. The van der Waals surface area contributed by atoms with Crippen LogP contribution < -0.4 is 14.8 Å². The molecule has 0 aliphatic carbocycles. The van der Waals surface area contributed by atoms with Crippen LogP contribution in [0.25, 0.3) is 0 Å². The van der Waals surface area contributed by atoms with Crippen LogP contribution in [0.4, 0.5) is 28.9 Å². The second kappa shape index (κ2) is 8.87. The number of para-hydroxylation sites is 1. The van der Waals surface area contributed by atoms with Gasteiger partial charge < -0.3 is 10.1 Å². The van der Waals surface area contributed by atoms with Crippen LogP contribution in [-0.4, -0.2) is 20.7 Å². The molecular formula is C21H16F4N2O4S. The van der Waals surface area contributed by atoms with Crippen molar-refractivity contribution in [1.29, 1.82) is 0 Å². The van der Waals surface area contributed by atoms with Gasteiger partial charge in [-0.25, -0.2) is 12.8 Å². The molecule has 0 heterocycles. The van der Waals surface area contributed by atoms with Gasteiger partial charge in [0.25, 0.3) is 15.9 Å². The van der Waals surface area contributed by atoms with E-state index >= 15 is 0 Å². The molecule has 3 rings (SSSR count). The lowest BCUT2D eigenvalue weighted by molar-refractivity contribution is -0.274. The summed E-state index contributed by atoms with van der Waals surface area (Å²) in [5.74, 6) is -1.91. The molecule has 0 aliphatic heterocycles. The number of hydrogen-bond donors (Lipinski definition) is 2. The lowest BCUT2D eigenvalue weighted by atomic mass is 10.1. The fourth-order valence-corrected chi connectivity index (χ4v) is 3.79. The molecule has 0 saturated carbocycles. The normalized spacial score (nSPS) is 11.7. The van der Waals surface area contributed by atoms with Crippen molar-refractivity contribution in [2.24, 2.45) is 0 Å². The summed E-state index contributed by atoms with van der Waals surface area (Å²) in [6, 6.07) is 13.5. The van der Waals surface area contributed by atoms with Gasteiger partial charge in [-0.2, -0.15) is 0 Å². The molecule has 0 saturated heterocycles. The smallest absolute Gasteiger partial charge is 0.406 e. The van der Waals surface area contributed by atoms with Crippen molar-refractivity contribution in [2.45, 2.75) is 18.2 Å². The maximum Gasteiger partial charge on any atom is 0.573 e. The zero-order chi connectivity index (χ0) is 23.5. The van der Waals surface area contributed by atoms with E-state index in [0.717, 1.165) is 24.3 Å². The van der Waals surface area contributed by atoms with Gasteiger partial charge in [0.05, 0.1) is 10.6 Å². The third kappa shape index (κ3) is 5.76. The van der Waals surface area contributed by atoms with Crippen molar-refractivity contribution in [3.63, 3.8) is 0 Å². The Kier molecular flexibility index (Phi) is 6.40. The van der Waals surface area contributed by atoms with Crippen LogP contribution in [0.1, 0.15) is 15.9 Å². The molecule has 0 spiro atoms. The van der Waals surface area contributed by atoms with Crippen molar-refractivity contribution in [3.05, 3.63) is 83.7 Å². The van der Waals surface area contributed by atoms with Crippen LogP contribution in [0.3, 0.4) is 0 Å². The first kappa shape index (κ1) is 23.1. The van der Waals surface area contributed by atoms with Gasteiger partial charge in [-0.3, -0.25) is 9.52 Å². The van der Waals surface area contributed by atoms with E-state index in [1.807, 2.05) is 0 Å². The van der Waals surface area contributed by atoms with E-state index < -0.39 is 33.9 Å². The van der Waals surface area contributed by atoms with E-state index in [1.165, 1.54) is 42.5 Å². The van der Waals surface area contributed by atoms with E-state index in [-0.39, 0.29) is 21.8 Å². The Morgan fingerprint density at radius 1 is 0.969 bits per heavy atom. The van der Waals surface area contributed by atoms with Gasteiger partial charge in [-0.15, -0.1) is 13.2 Å². The monoisotopic (exact) mass is 468 g/mol.